The molecule has 12 radical (unpaired) electrons. The lowest BCUT2D eigenvalue weighted by atomic mass is 9.63. The van der Waals surface area contributed by atoms with Crippen molar-refractivity contribution in [3.05, 3.63) is 126 Å². The van der Waals surface area contributed by atoms with Gasteiger partial charge in [0, 0.05) is 22.8 Å². The van der Waals surface area contributed by atoms with Crippen LogP contribution in [0.3, 0.4) is 0 Å². The number of aromatic hydroxyl groups is 1. The molecule has 3 nitrogen and oxygen atoms in total. The molecular weight excluding hydrogens is 685 g/mol. The molecule has 10 rings (SSSR count). The minimum absolute atomic E-state index is 0.0229. The first-order valence-corrected chi connectivity index (χ1v) is 19.1. The molecule has 1 aliphatic rings. The summed E-state index contributed by atoms with van der Waals surface area (Å²) < 4.78 is 2.29. The third kappa shape index (κ3) is 4.72. The van der Waals surface area contributed by atoms with Crippen LogP contribution in [0.4, 0.5) is 0 Å². The van der Waals surface area contributed by atoms with Gasteiger partial charge < -0.3 is 5.11 Å². The van der Waals surface area contributed by atoms with Gasteiger partial charge in [-0.05, 0) is 84.1 Å². The number of aryl methyl sites for hydroxylation is 1. The number of fused-ring (bicyclic) bond motifs is 7. The predicted molar refractivity (Wildman–Crippen MR) is 245 cm³/mol. The van der Waals surface area contributed by atoms with Crippen LogP contribution in [0.15, 0.2) is 109 Å². The van der Waals surface area contributed by atoms with Crippen molar-refractivity contribution in [3.8, 4) is 44.8 Å². The van der Waals surface area contributed by atoms with Crippen LogP contribution in [-0.4, -0.2) is 61.7 Å². The number of hydrogen-bond acceptors (Lipinski definition) is 2. The number of imidazole rings is 1. The summed E-state index contributed by atoms with van der Waals surface area (Å²) in [4.78, 5) is 5.00. The molecule has 0 saturated heterocycles. The van der Waals surface area contributed by atoms with E-state index in [1.54, 1.807) is 0 Å². The Morgan fingerprint density at radius 3 is 1.65 bits per heavy atom. The molecule has 0 amide bonds. The lowest BCUT2D eigenvalue weighted by molar-refractivity contribution is 0.461. The van der Waals surface area contributed by atoms with Gasteiger partial charge in [0.05, 0.1) is 16.7 Å². The van der Waals surface area contributed by atoms with Crippen molar-refractivity contribution in [2.24, 2.45) is 0 Å². The molecule has 1 aromatic heterocycles. The Bertz CT molecular complexity index is 3180. The van der Waals surface area contributed by atoms with Crippen molar-refractivity contribution >= 4 is 123 Å². The monoisotopic (exact) mass is 716 g/mol. The van der Waals surface area contributed by atoms with E-state index >= 15 is 0 Å². The third-order valence-electron chi connectivity index (χ3n) is 12.2. The zero-order chi connectivity index (χ0) is 39.7. The quantitative estimate of drug-likeness (QED) is 0.202. The Labute approximate surface area is 340 Å². The highest BCUT2D eigenvalue weighted by Gasteiger charge is 2.42. The number of para-hydroxylation sites is 2. The van der Waals surface area contributed by atoms with Crippen LogP contribution in [0.2, 0.25) is 0 Å². The zero-order valence-corrected chi connectivity index (χ0v) is 31.9. The van der Waals surface area contributed by atoms with Gasteiger partial charge >= 0.3 is 0 Å². The summed E-state index contributed by atoms with van der Waals surface area (Å²) in [5.74, 6) is 0.872. The number of nitrogens with zero attached hydrogens (tertiary/aromatic N) is 2. The predicted octanol–water partition coefficient (Wildman–Crippen LogP) is 5.16. The van der Waals surface area contributed by atoms with E-state index < -0.39 is 5.41 Å². The first-order valence-electron chi connectivity index (χ1n) is 19.1. The molecule has 9 heteroatoms. The van der Waals surface area contributed by atoms with Crippen molar-refractivity contribution in [1.82, 2.24) is 9.55 Å². The normalized spacial score (nSPS) is 13.2. The van der Waals surface area contributed by atoms with Gasteiger partial charge in [0.25, 0.3) is 0 Å². The molecule has 0 fully saturated rings. The maximum atomic E-state index is 11.4. The van der Waals surface area contributed by atoms with Gasteiger partial charge in [-0.15, -0.1) is 5.46 Å². The first kappa shape index (κ1) is 35.6. The van der Waals surface area contributed by atoms with Crippen molar-refractivity contribution in [2.75, 3.05) is 0 Å². The number of rotatable bonds is 4. The molecule has 8 aromatic carbocycles. The van der Waals surface area contributed by atoms with Crippen LogP contribution in [0, 0.1) is 0 Å². The van der Waals surface area contributed by atoms with Crippen LogP contribution >= 0.6 is 0 Å². The van der Waals surface area contributed by atoms with Crippen molar-refractivity contribution in [2.45, 2.75) is 32.6 Å². The highest BCUT2D eigenvalue weighted by molar-refractivity contribution is 6.62. The van der Waals surface area contributed by atoms with E-state index in [0.29, 0.717) is 44.2 Å². The summed E-state index contributed by atoms with van der Waals surface area (Å²) in [5, 5.41) is 17.7. The molecule has 0 bridgehead atoms. The van der Waals surface area contributed by atoms with Gasteiger partial charge in [0.1, 0.15) is 58.7 Å². The second-order valence-electron chi connectivity index (χ2n) is 15.6. The van der Waals surface area contributed by atoms with E-state index in [9.17, 15) is 5.11 Å². The Hall–Kier alpha value is -5.80. The molecule has 256 valence electrons. The average molecular weight is 716 g/mol. The van der Waals surface area contributed by atoms with Crippen LogP contribution in [0.1, 0.15) is 37.7 Å². The Kier molecular flexibility index (Phi) is 7.87. The van der Waals surface area contributed by atoms with E-state index in [4.69, 9.17) is 52.1 Å². The molecule has 0 saturated carbocycles. The summed E-state index contributed by atoms with van der Waals surface area (Å²) in [5.41, 5.74) is 9.72. The molecule has 57 heavy (non-hydrogen) atoms. The molecule has 0 spiro atoms. The first-order chi connectivity index (χ1) is 27.5. The molecule has 1 N–H and O–H groups in total. The van der Waals surface area contributed by atoms with Crippen LogP contribution in [0.5, 0.6) is 5.75 Å². The number of phenols is 1. The van der Waals surface area contributed by atoms with Crippen molar-refractivity contribution < 1.29 is 5.11 Å². The fourth-order valence-electron chi connectivity index (χ4n) is 9.74. The number of phenolic OH excluding ortho intramolecular Hbond substituents is 1. The minimum atomic E-state index is -0.851. The van der Waals surface area contributed by atoms with Gasteiger partial charge in [0.15, 0.2) is 0 Å². The fourth-order valence-corrected chi connectivity index (χ4v) is 9.74. The van der Waals surface area contributed by atoms with Crippen LogP contribution < -0.4 is 32.8 Å². The highest BCUT2D eigenvalue weighted by atomic mass is 16.3. The minimum Gasteiger partial charge on any atom is -0.508 e. The van der Waals surface area contributed by atoms with Gasteiger partial charge in [-0.1, -0.05) is 139 Å². The Morgan fingerprint density at radius 2 is 1.02 bits per heavy atom. The number of benzene rings is 8. The van der Waals surface area contributed by atoms with E-state index in [1.807, 2.05) is 32.0 Å². The summed E-state index contributed by atoms with van der Waals surface area (Å²) in [6.07, 6.45) is 0.793. The van der Waals surface area contributed by atoms with Crippen molar-refractivity contribution in [1.29, 1.82) is 0 Å². The summed E-state index contributed by atoms with van der Waals surface area (Å²) in [7, 11) is 40.8. The summed E-state index contributed by atoms with van der Waals surface area (Å²) in [6, 6.07) is 38.1. The Balaban J connectivity index is 1.29. The molecule has 0 aliphatic heterocycles. The van der Waals surface area contributed by atoms with Crippen molar-refractivity contribution in [3.63, 3.8) is 0 Å². The van der Waals surface area contributed by atoms with Gasteiger partial charge in [-0.25, -0.2) is 4.98 Å². The fraction of sp³-hybridized carbons (Fsp3) is 0.104. The van der Waals surface area contributed by atoms with Gasteiger partial charge in [-0.3, -0.25) is 4.57 Å². The largest absolute Gasteiger partial charge is 0.508 e. The van der Waals surface area contributed by atoms with E-state index in [-0.39, 0.29) is 22.1 Å². The molecular formula is C48H30B6N2O. The van der Waals surface area contributed by atoms with E-state index in [2.05, 4.69) is 102 Å². The zero-order valence-electron chi connectivity index (χ0n) is 31.9. The van der Waals surface area contributed by atoms with E-state index in [0.717, 1.165) is 78.0 Å². The second-order valence-corrected chi connectivity index (χ2v) is 15.6. The third-order valence-corrected chi connectivity index (χ3v) is 12.2. The number of aromatic nitrogens is 2. The summed E-state index contributed by atoms with van der Waals surface area (Å²) >= 11 is 0. The molecule has 0 unspecified atom stereocenters. The van der Waals surface area contributed by atoms with Gasteiger partial charge in [0.2, 0.25) is 0 Å². The topological polar surface area (TPSA) is 38.0 Å². The van der Waals surface area contributed by atoms with Crippen LogP contribution in [0.25, 0.3) is 82.4 Å². The molecule has 1 heterocycles. The smallest absolute Gasteiger partial charge is 0.118 e. The standard InChI is InChI=1S/C48H30B6N2O/c1-4-33-55-30-19-11-12-20-32(30)56(33)31-22-21-29(23-13-5-6-14-24(23)31)34-25-15-7-9-17-27(25)35(28-18-10-8-16-26(28)34)38-41(49)39-36(42(50)44(38)52)37-40(48(39,2)3)47(57)46(54)45(53)43(37)51/h5-22,57H,4H2,1-3H3. The highest BCUT2D eigenvalue weighted by Crippen LogP contribution is 2.51. The lowest BCUT2D eigenvalue weighted by Gasteiger charge is -2.29. The Morgan fingerprint density at radius 1 is 0.509 bits per heavy atom. The second kappa shape index (κ2) is 12.6. The molecule has 0 atom stereocenters. The van der Waals surface area contributed by atoms with Crippen LogP contribution in [-0.2, 0) is 11.8 Å². The van der Waals surface area contributed by atoms with E-state index in [1.165, 1.54) is 0 Å². The maximum Gasteiger partial charge on any atom is 0.118 e. The average Bonchev–Trinajstić information content (AvgIpc) is 3.72. The maximum absolute atomic E-state index is 11.4. The van der Waals surface area contributed by atoms with Gasteiger partial charge in [-0.2, -0.15) is 0 Å². The number of hydrogen-bond donors (Lipinski definition) is 1. The molecule has 9 aromatic rings. The summed E-state index contributed by atoms with van der Waals surface area (Å²) in [6.45, 7) is 6.10. The SMILES string of the molecule is [B]c1c([B])c(O)c2c(c1[B])-c1c([B])c([B])c(-c3c4ccccc4c(-c4ccc(-n5c(CC)nc6ccccc65)c5ccccc45)c4ccccc34)c([B])c1C2(C)C. The molecule has 1 aliphatic carbocycles. The lowest BCUT2D eigenvalue weighted by Crippen LogP contribution is -2.42.